The van der Waals surface area contributed by atoms with Gasteiger partial charge in [-0.1, -0.05) is 19.1 Å². The van der Waals surface area contributed by atoms with Crippen LogP contribution in [-0.4, -0.2) is 10.9 Å². The Morgan fingerprint density at radius 3 is 2.93 bits per heavy atom. The van der Waals surface area contributed by atoms with E-state index in [1.807, 2.05) is 6.92 Å². The molecule has 1 aromatic rings. The van der Waals surface area contributed by atoms with Gasteiger partial charge in [0.15, 0.2) is 0 Å². The SMILES string of the molecule is CCC(C(=O)NCc1ccco1)C(N)=S. The summed E-state index contributed by atoms with van der Waals surface area (Å²) < 4.78 is 5.08. The van der Waals surface area contributed by atoms with Crippen LogP contribution in [0.5, 0.6) is 0 Å². The Kier molecular flexibility index (Phi) is 4.30. The van der Waals surface area contributed by atoms with E-state index in [4.69, 9.17) is 22.4 Å². The molecule has 0 fully saturated rings. The Morgan fingerprint density at radius 2 is 2.47 bits per heavy atom. The maximum Gasteiger partial charge on any atom is 0.230 e. The number of furan rings is 1. The van der Waals surface area contributed by atoms with E-state index in [0.29, 0.717) is 18.7 Å². The molecule has 0 aliphatic carbocycles. The van der Waals surface area contributed by atoms with E-state index in [9.17, 15) is 4.79 Å². The van der Waals surface area contributed by atoms with E-state index in [0.717, 1.165) is 0 Å². The molecule has 82 valence electrons. The van der Waals surface area contributed by atoms with Crippen molar-refractivity contribution in [1.82, 2.24) is 5.32 Å². The van der Waals surface area contributed by atoms with Crippen molar-refractivity contribution in [1.29, 1.82) is 0 Å². The normalized spacial score (nSPS) is 12.1. The first kappa shape index (κ1) is 11.7. The van der Waals surface area contributed by atoms with Gasteiger partial charge in [-0.25, -0.2) is 0 Å². The molecule has 4 nitrogen and oxygen atoms in total. The minimum Gasteiger partial charge on any atom is -0.467 e. The second-order valence-corrected chi connectivity index (χ2v) is 3.63. The maximum atomic E-state index is 11.6. The molecule has 0 aliphatic rings. The zero-order valence-electron chi connectivity index (χ0n) is 8.53. The number of amides is 1. The van der Waals surface area contributed by atoms with Crippen LogP contribution in [0.1, 0.15) is 19.1 Å². The average Bonchev–Trinajstić information content (AvgIpc) is 2.67. The Bertz CT molecular complexity index is 335. The minimum atomic E-state index is -0.394. The summed E-state index contributed by atoms with van der Waals surface area (Å²) in [4.78, 5) is 11.8. The molecular formula is C10H14N2O2S. The summed E-state index contributed by atoms with van der Waals surface area (Å²) in [6.07, 6.45) is 2.17. The molecule has 1 atom stereocenters. The summed E-state index contributed by atoms with van der Waals surface area (Å²) in [6.45, 7) is 2.24. The number of carbonyl (C=O) groups is 1. The molecule has 1 unspecified atom stereocenters. The van der Waals surface area contributed by atoms with Gasteiger partial charge < -0.3 is 15.5 Å². The van der Waals surface area contributed by atoms with E-state index in [2.05, 4.69) is 5.32 Å². The average molecular weight is 226 g/mol. The van der Waals surface area contributed by atoms with Crippen molar-refractivity contribution in [2.75, 3.05) is 0 Å². The van der Waals surface area contributed by atoms with E-state index in [1.54, 1.807) is 18.4 Å². The van der Waals surface area contributed by atoms with Crippen molar-refractivity contribution in [3.63, 3.8) is 0 Å². The predicted octanol–water partition coefficient (Wildman–Crippen LogP) is 1.21. The topological polar surface area (TPSA) is 68.3 Å². The third kappa shape index (κ3) is 3.36. The highest BCUT2D eigenvalue weighted by atomic mass is 32.1. The van der Waals surface area contributed by atoms with Crippen molar-refractivity contribution in [3.8, 4) is 0 Å². The zero-order chi connectivity index (χ0) is 11.3. The minimum absolute atomic E-state index is 0.151. The molecule has 0 spiro atoms. The standard InChI is InChI=1S/C10H14N2O2S/c1-2-8(9(11)15)10(13)12-6-7-4-3-5-14-7/h3-5,8H,2,6H2,1H3,(H2,11,15)(H,12,13). The highest BCUT2D eigenvalue weighted by Crippen LogP contribution is 2.04. The van der Waals surface area contributed by atoms with Gasteiger partial charge in [-0.05, 0) is 18.6 Å². The Morgan fingerprint density at radius 1 is 1.73 bits per heavy atom. The number of hydrogen-bond acceptors (Lipinski definition) is 3. The monoisotopic (exact) mass is 226 g/mol. The summed E-state index contributed by atoms with van der Waals surface area (Å²) in [5, 5.41) is 2.72. The van der Waals surface area contributed by atoms with Gasteiger partial charge in [0.2, 0.25) is 5.91 Å². The molecule has 0 radical (unpaired) electrons. The van der Waals surface area contributed by atoms with Crippen molar-refractivity contribution in [2.45, 2.75) is 19.9 Å². The lowest BCUT2D eigenvalue weighted by Gasteiger charge is -2.12. The molecule has 0 saturated heterocycles. The molecule has 0 bridgehead atoms. The molecule has 1 aromatic heterocycles. The van der Waals surface area contributed by atoms with Crippen molar-refractivity contribution >= 4 is 23.1 Å². The summed E-state index contributed by atoms with van der Waals surface area (Å²) >= 11 is 4.80. The van der Waals surface area contributed by atoms with Crippen LogP contribution >= 0.6 is 12.2 Å². The second kappa shape index (κ2) is 5.50. The fraction of sp³-hybridized carbons (Fsp3) is 0.400. The quantitative estimate of drug-likeness (QED) is 0.740. The van der Waals surface area contributed by atoms with Crippen molar-refractivity contribution in [3.05, 3.63) is 24.2 Å². The molecule has 0 aromatic carbocycles. The summed E-state index contributed by atoms with van der Waals surface area (Å²) in [6, 6.07) is 3.56. The van der Waals surface area contributed by atoms with Crippen LogP contribution in [0.25, 0.3) is 0 Å². The summed E-state index contributed by atoms with van der Waals surface area (Å²) in [5.41, 5.74) is 5.44. The fourth-order valence-electron chi connectivity index (χ4n) is 1.23. The Balaban J connectivity index is 2.44. The van der Waals surface area contributed by atoms with Gasteiger partial charge >= 0.3 is 0 Å². The molecule has 15 heavy (non-hydrogen) atoms. The molecule has 1 rings (SSSR count). The maximum absolute atomic E-state index is 11.6. The first-order valence-electron chi connectivity index (χ1n) is 4.74. The number of nitrogens with two attached hydrogens (primary N) is 1. The molecule has 0 aliphatic heterocycles. The van der Waals surface area contributed by atoms with Crippen molar-refractivity contribution in [2.24, 2.45) is 11.7 Å². The van der Waals surface area contributed by atoms with Crippen LogP contribution in [0.15, 0.2) is 22.8 Å². The number of hydrogen-bond donors (Lipinski definition) is 2. The lowest BCUT2D eigenvalue weighted by Crippen LogP contribution is -2.37. The van der Waals surface area contributed by atoms with Gasteiger partial charge in [-0.3, -0.25) is 4.79 Å². The molecular weight excluding hydrogens is 212 g/mol. The fourth-order valence-corrected chi connectivity index (χ4v) is 1.50. The lowest BCUT2D eigenvalue weighted by molar-refractivity contribution is -0.123. The second-order valence-electron chi connectivity index (χ2n) is 3.16. The van der Waals surface area contributed by atoms with Crippen LogP contribution in [0, 0.1) is 5.92 Å². The third-order valence-electron chi connectivity index (χ3n) is 2.09. The van der Waals surface area contributed by atoms with E-state index < -0.39 is 5.92 Å². The van der Waals surface area contributed by atoms with E-state index in [1.165, 1.54) is 0 Å². The third-order valence-corrected chi connectivity index (χ3v) is 2.37. The van der Waals surface area contributed by atoms with Crippen LogP contribution in [0.4, 0.5) is 0 Å². The number of thiocarbonyl (C=S) groups is 1. The van der Waals surface area contributed by atoms with Gasteiger partial charge in [-0.2, -0.15) is 0 Å². The smallest absolute Gasteiger partial charge is 0.230 e. The van der Waals surface area contributed by atoms with Gasteiger partial charge in [0, 0.05) is 0 Å². The number of nitrogens with one attached hydrogen (secondary N) is 1. The molecule has 3 N–H and O–H groups in total. The first-order chi connectivity index (χ1) is 7.15. The van der Waals surface area contributed by atoms with Gasteiger partial charge in [0.25, 0.3) is 0 Å². The highest BCUT2D eigenvalue weighted by molar-refractivity contribution is 7.80. The van der Waals surface area contributed by atoms with Gasteiger partial charge in [0.1, 0.15) is 5.76 Å². The molecule has 5 heteroatoms. The number of carbonyl (C=O) groups excluding carboxylic acids is 1. The zero-order valence-corrected chi connectivity index (χ0v) is 9.34. The number of rotatable bonds is 5. The first-order valence-corrected chi connectivity index (χ1v) is 5.15. The Labute approximate surface area is 93.8 Å². The van der Waals surface area contributed by atoms with Crippen LogP contribution in [0.3, 0.4) is 0 Å². The predicted molar refractivity (Wildman–Crippen MR) is 61.1 cm³/mol. The highest BCUT2D eigenvalue weighted by Gasteiger charge is 2.18. The van der Waals surface area contributed by atoms with Crippen LogP contribution in [0.2, 0.25) is 0 Å². The largest absolute Gasteiger partial charge is 0.467 e. The Hall–Kier alpha value is -1.36. The van der Waals surface area contributed by atoms with Gasteiger partial charge in [0.05, 0.1) is 23.7 Å². The molecule has 0 saturated carbocycles. The van der Waals surface area contributed by atoms with Crippen LogP contribution < -0.4 is 11.1 Å². The summed E-state index contributed by atoms with van der Waals surface area (Å²) in [7, 11) is 0. The molecule has 1 amide bonds. The summed E-state index contributed by atoms with van der Waals surface area (Å²) in [5.74, 6) is 0.164. The van der Waals surface area contributed by atoms with E-state index >= 15 is 0 Å². The molecule has 1 heterocycles. The van der Waals surface area contributed by atoms with E-state index in [-0.39, 0.29) is 10.9 Å². The van der Waals surface area contributed by atoms with Crippen LogP contribution in [-0.2, 0) is 11.3 Å². The van der Waals surface area contributed by atoms with Gasteiger partial charge in [-0.15, -0.1) is 0 Å². The lowest BCUT2D eigenvalue weighted by atomic mass is 10.1. The van der Waals surface area contributed by atoms with Crippen molar-refractivity contribution < 1.29 is 9.21 Å².